The van der Waals surface area contributed by atoms with Crippen LogP contribution < -0.4 is 9.47 Å². The lowest BCUT2D eigenvalue weighted by molar-refractivity contribution is 0.304. The number of rotatable bonds is 4. The zero-order valence-corrected chi connectivity index (χ0v) is 12.3. The van der Waals surface area contributed by atoms with Gasteiger partial charge in [-0.2, -0.15) is 0 Å². The zero-order chi connectivity index (χ0) is 15.1. The summed E-state index contributed by atoms with van der Waals surface area (Å²) in [5, 5.41) is 0. The molecule has 4 heteroatoms. The van der Waals surface area contributed by atoms with E-state index in [-0.39, 0.29) is 11.7 Å². The molecule has 0 spiro atoms. The van der Waals surface area contributed by atoms with E-state index in [4.69, 9.17) is 21.1 Å². The van der Waals surface area contributed by atoms with Gasteiger partial charge in [0.15, 0.2) is 0 Å². The van der Waals surface area contributed by atoms with Gasteiger partial charge >= 0.3 is 0 Å². The quantitative estimate of drug-likeness (QED) is 0.628. The van der Waals surface area contributed by atoms with Gasteiger partial charge in [0, 0.05) is 0 Å². The number of alkyl halides is 1. The summed E-state index contributed by atoms with van der Waals surface area (Å²) in [4.78, 5) is 0. The number of methoxy groups -OCH3 is 1. The van der Waals surface area contributed by atoms with Gasteiger partial charge in [-0.05, 0) is 35.9 Å². The third kappa shape index (κ3) is 4.40. The van der Waals surface area contributed by atoms with Crippen LogP contribution in [0.2, 0.25) is 0 Å². The van der Waals surface area contributed by atoms with Crippen LogP contribution in [0.4, 0.5) is 4.39 Å². The minimum Gasteiger partial charge on any atom is -0.497 e. The van der Waals surface area contributed by atoms with Gasteiger partial charge in [0.1, 0.15) is 23.9 Å². The van der Waals surface area contributed by atoms with Crippen LogP contribution in [0.25, 0.3) is 0 Å². The fraction of sp³-hybridized carbons (Fsp3) is 0.176. The summed E-state index contributed by atoms with van der Waals surface area (Å²) < 4.78 is 24.0. The monoisotopic (exact) mass is 304 g/mol. The Kier molecular flexibility index (Phi) is 5.48. The second kappa shape index (κ2) is 7.56. The van der Waals surface area contributed by atoms with E-state index in [0.29, 0.717) is 17.9 Å². The lowest BCUT2D eigenvalue weighted by Crippen LogP contribution is -1.98. The van der Waals surface area contributed by atoms with Crippen molar-refractivity contribution in [1.82, 2.24) is 0 Å². The van der Waals surface area contributed by atoms with Crippen LogP contribution in [0.3, 0.4) is 0 Å². The smallest absolute Gasteiger partial charge is 0.135 e. The van der Waals surface area contributed by atoms with Crippen LogP contribution >= 0.6 is 11.6 Å². The van der Waals surface area contributed by atoms with Gasteiger partial charge in [-0.3, -0.25) is 0 Å². The Morgan fingerprint density at radius 2 is 1.90 bits per heavy atom. The van der Waals surface area contributed by atoms with Crippen molar-refractivity contribution >= 4 is 11.6 Å². The molecular weight excluding hydrogens is 291 g/mol. The van der Waals surface area contributed by atoms with Gasteiger partial charge in [-0.15, -0.1) is 11.6 Å². The highest BCUT2D eigenvalue weighted by Gasteiger charge is 2.04. The van der Waals surface area contributed by atoms with E-state index < -0.39 is 0 Å². The summed E-state index contributed by atoms with van der Waals surface area (Å²) in [7, 11) is 1.62. The number of hydrogen-bond donors (Lipinski definition) is 0. The molecule has 0 N–H and O–H groups in total. The van der Waals surface area contributed by atoms with E-state index in [1.807, 2.05) is 24.3 Å². The molecule has 0 bridgehead atoms. The molecule has 0 aliphatic carbocycles. The third-order valence-electron chi connectivity index (χ3n) is 2.78. The lowest BCUT2D eigenvalue weighted by Gasteiger charge is -2.09. The molecule has 0 radical (unpaired) electrons. The minimum atomic E-state index is -0.356. The van der Waals surface area contributed by atoms with Crippen molar-refractivity contribution in [2.45, 2.75) is 6.61 Å². The number of benzene rings is 2. The summed E-state index contributed by atoms with van der Waals surface area (Å²) in [6.45, 7) is 0.366. The first-order valence-corrected chi connectivity index (χ1v) is 6.86. The lowest BCUT2D eigenvalue weighted by atomic mass is 10.2. The zero-order valence-electron chi connectivity index (χ0n) is 11.5. The van der Waals surface area contributed by atoms with E-state index in [1.54, 1.807) is 13.2 Å². The highest BCUT2D eigenvalue weighted by atomic mass is 35.5. The summed E-state index contributed by atoms with van der Waals surface area (Å²) in [5.74, 6) is 6.64. The van der Waals surface area contributed by atoms with Crippen molar-refractivity contribution in [3.8, 4) is 23.3 Å². The standard InChI is InChI=1S/C17H14ClFO2/c1-20-16-7-4-13(5-8-16)12-21-17-9-6-15(19)11-14(17)3-2-10-18/h4-9,11H,10,12H2,1H3. The van der Waals surface area contributed by atoms with Crippen LogP contribution in [0.15, 0.2) is 42.5 Å². The minimum absolute atomic E-state index is 0.189. The first kappa shape index (κ1) is 15.2. The van der Waals surface area contributed by atoms with Crippen LogP contribution in [0, 0.1) is 17.7 Å². The van der Waals surface area contributed by atoms with Crippen molar-refractivity contribution in [2.75, 3.05) is 13.0 Å². The van der Waals surface area contributed by atoms with E-state index >= 15 is 0 Å². The van der Waals surface area contributed by atoms with Gasteiger partial charge in [0.2, 0.25) is 0 Å². The Labute approximate surface area is 128 Å². The van der Waals surface area contributed by atoms with Crippen molar-refractivity contribution in [3.63, 3.8) is 0 Å². The topological polar surface area (TPSA) is 18.5 Å². The van der Waals surface area contributed by atoms with Gasteiger partial charge in [-0.1, -0.05) is 24.0 Å². The predicted octanol–water partition coefficient (Wildman–Crippen LogP) is 4.00. The van der Waals surface area contributed by atoms with E-state index in [2.05, 4.69) is 11.8 Å². The second-order valence-electron chi connectivity index (χ2n) is 4.21. The predicted molar refractivity (Wildman–Crippen MR) is 81.3 cm³/mol. The van der Waals surface area contributed by atoms with Crippen molar-refractivity contribution in [1.29, 1.82) is 0 Å². The van der Waals surface area contributed by atoms with Gasteiger partial charge in [0.25, 0.3) is 0 Å². The summed E-state index contributed by atoms with van der Waals surface area (Å²) in [6.07, 6.45) is 0. The molecule has 0 saturated carbocycles. The molecule has 0 aromatic heterocycles. The SMILES string of the molecule is COc1ccc(COc2ccc(F)cc2C#CCCl)cc1. The maximum absolute atomic E-state index is 13.3. The first-order chi connectivity index (χ1) is 10.2. The molecule has 0 fully saturated rings. The molecule has 2 rings (SSSR count). The Morgan fingerprint density at radius 3 is 2.57 bits per heavy atom. The highest BCUT2D eigenvalue weighted by Crippen LogP contribution is 2.21. The average Bonchev–Trinajstić information content (AvgIpc) is 2.52. The molecule has 2 aromatic carbocycles. The Morgan fingerprint density at radius 1 is 1.14 bits per heavy atom. The van der Waals surface area contributed by atoms with E-state index in [1.165, 1.54) is 12.1 Å². The van der Waals surface area contributed by atoms with Crippen LogP contribution in [-0.2, 0) is 6.61 Å². The molecule has 0 saturated heterocycles. The number of halogens is 2. The van der Waals surface area contributed by atoms with E-state index in [0.717, 1.165) is 11.3 Å². The van der Waals surface area contributed by atoms with Gasteiger partial charge < -0.3 is 9.47 Å². The molecule has 0 unspecified atom stereocenters. The van der Waals surface area contributed by atoms with Crippen LogP contribution in [-0.4, -0.2) is 13.0 Å². The summed E-state index contributed by atoms with van der Waals surface area (Å²) >= 11 is 5.53. The Balaban J connectivity index is 2.11. The Bertz CT molecular complexity index is 657. The molecule has 108 valence electrons. The maximum Gasteiger partial charge on any atom is 0.135 e. The molecule has 0 amide bonds. The van der Waals surface area contributed by atoms with Crippen LogP contribution in [0.5, 0.6) is 11.5 Å². The van der Waals surface area contributed by atoms with E-state index in [9.17, 15) is 4.39 Å². The molecule has 0 aliphatic heterocycles. The molecule has 21 heavy (non-hydrogen) atoms. The van der Waals surface area contributed by atoms with Gasteiger partial charge in [-0.25, -0.2) is 4.39 Å². The molecule has 2 aromatic rings. The largest absolute Gasteiger partial charge is 0.497 e. The van der Waals surface area contributed by atoms with Gasteiger partial charge in [0.05, 0.1) is 18.6 Å². The second-order valence-corrected chi connectivity index (χ2v) is 4.48. The molecule has 0 heterocycles. The number of hydrogen-bond acceptors (Lipinski definition) is 2. The van der Waals surface area contributed by atoms with Crippen molar-refractivity contribution in [2.24, 2.45) is 0 Å². The fourth-order valence-electron chi connectivity index (χ4n) is 1.74. The Hall–Kier alpha value is -2.18. The van der Waals surface area contributed by atoms with Crippen LogP contribution in [0.1, 0.15) is 11.1 Å². The molecule has 2 nitrogen and oxygen atoms in total. The fourth-order valence-corrected chi connectivity index (χ4v) is 1.80. The normalized spacial score (nSPS) is 9.67. The van der Waals surface area contributed by atoms with Crippen molar-refractivity contribution in [3.05, 3.63) is 59.4 Å². The summed E-state index contributed by atoms with van der Waals surface area (Å²) in [5.41, 5.74) is 1.47. The molecule has 0 atom stereocenters. The van der Waals surface area contributed by atoms with Crippen molar-refractivity contribution < 1.29 is 13.9 Å². The summed E-state index contributed by atoms with van der Waals surface area (Å²) in [6, 6.07) is 11.8. The average molecular weight is 305 g/mol. The maximum atomic E-state index is 13.3. The third-order valence-corrected chi connectivity index (χ3v) is 2.92. The molecular formula is C17H14ClFO2. The molecule has 0 aliphatic rings. The highest BCUT2D eigenvalue weighted by molar-refractivity contribution is 6.19. The first-order valence-electron chi connectivity index (χ1n) is 6.33. The number of ether oxygens (including phenoxy) is 2.